The Balaban J connectivity index is 3.24. The van der Waals surface area contributed by atoms with Gasteiger partial charge in [0.25, 0.3) is 11.0 Å². The Morgan fingerprint density at radius 2 is 1.58 bits per heavy atom. The normalized spacial score (nSPS) is 12.4. The number of fused-ring (bicyclic) bond motifs is 1. The first-order valence-electron chi connectivity index (χ1n) is 5.83. The highest BCUT2D eigenvalue weighted by Gasteiger charge is 2.39. The van der Waals surface area contributed by atoms with Gasteiger partial charge < -0.3 is 10.1 Å². The number of halogens is 6. The number of nitrogens with zero attached hydrogens (tertiary/aromatic N) is 1. The number of nitroso groups, excluding NO2 is 1. The summed E-state index contributed by atoms with van der Waals surface area (Å²) in [5.41, 5.74) is -9.97. The van der Waals surface area contributed by atoms with Crippen molar-refractivity contribution in [2.75, 3.05) is 0 Å². The lowest BCUT2D eigenvalue weighted by Gasteiger charge is -2.14. The molecule has 0 aliphatic rings. The number of rotatable bonds is 1. The third-order valence-corrected chi connectivity index (χ3v) is 2.99. The molecular weight excluding hydrogens is 350 g/mol. The number of alkyl halides is 6. The smallest absolute Gasteiger partial charge is 0.417 e. The molecule has 128 valence electrons. The van der Waals surface area contributed by atoms with Crippen molar-refractivity contribution in [1.29, 1.82) is 0 Å². The molecule has 6 nitrogen and oxygen atoms in total. The maximum atomic E-state index is 13.1. The van der Waals surface area contributed by atoms with Crippen molar-refractivity contribution in [3.8, 4) is 5.75 Å². The summed E-state index contributed by atoms with van der Waals surface area (Å²) in [5.74, 6) is -1.65. The highest BCUT2D eigenvalue weighted by molar-refractivity contribution is 5.92. The first-order chi connectivity index (χ1) is 10.9. The molecule has 1 heterocycles. The molecule has 0 saturated carbocycles. The molecule has 0 spiro atoms. The Morgan fingerprint density at radius 3 is 2.04 bits per heavy atom. The number of aromatic amines is 1. The summed E-state index contributed by atoms with van der Waals surface area (Å²) in [6.07, 6.45) is -10.6. The van der Waals surface area contributed by atoms with Crippen LogP contribution in [-0.2, 0) is 12.4 Å². The van der Waals surface area contributed by atoms with Crippen molar-refractivity contribution in [3.05, 3.63) is 48.7 Å². The van der Waals surface area contributed by atoms with E-state index in [1.54, 1.807) is 0 Å². The second-order valence-electron chi connectivity index (χ2n) is 4.51. The molecule has 24 heavy (non-hydrogen) atoms. The quantitative estimate of drug-likeness (QED) is 0.467. The molecule has 0 amide bonds. The topological polar surface area (TPSA) is 99.6 Å². The fourth-order valence-electron chi connectivity index (χ4n) is 1.98. The van der Waals surface area contributed by atoms with Crippen LogP contribution < -0.4 is 11.0 Å². The molecule has 12 heteroatoms. The summed E-state index contributed by atoms with van der Waals surface area (Å²) >= 11 is 0. The van der Waals surface area contributed by atoms with E-state index >= 15 is 0 Å². The van der Waals surface area contributed by atoms with Gasteiger partial charge in [-0.2, -0.15) is 26.3 Å². The molecule has 2 N–H and O–H groups in total. The molecule has 0 radical (unpaired) electrons. The zero-order chi connectivity index (χ0) is 18.4. The van der Waals surface area contributed by atoms with Crippen LogP contribution >= 0.6 is 0 Å². The van der Waals surface area contributed by atoms with Crippen LogP contribution in [0.5, 0.6) is 5.75 Å². The van der Waals surface area contributed by atoms with Crippen molar-refractivity contribution in [1.82, 2.24) is 4.98 Å². The SMILES string of the molecule is O=Nc1c(O)c2c(C(F)(F)F)cc(C(F)(F)F)cc2[nH]c(=O)c1=O. The summed E-state index contributed by atoms with van der Waals surface area (Å²) in [6.45, 7) is 0. The molecule has 0 fully saturated rings. The summed E-state index contributed by atoms with van der Waals surface area (Å²) in [6, 6.07) is -0.223. The number of hydrogen-bond donors (Lipinski definition) is 2. The van der Waals surface area contributed by atoms with E-state index in [0.717, 1.165) is 0 Å². The number of aromatic nitrogens is 1. The van der Waals surface area contributed by atoms with Crippen molar-refractivity contribution < 1.29 is 31.4 Å². The third-order valence-electron chi connectivity index (χ3n) is 2.99. The Kier molecular flexibility index (Phi) is 3.86. The van der Waals surface area contributed by atoms with Gasteiger partial charge in [-0.25, -0.2) is 0 Å². The van der Waals surface area contributed by atoms with Gasteiger partial charge in [-0.3, -0.25) is 9.59 Å². The van der Waals surface area contributed by atoms with Gasteiger partial charge in [0.2, 0.25) is 5.69 Å². The second kappa shape index (κ2) is 5.32. The minimum absolute atomic E-state index is 0.0969. The maximum Gasteiger partial charge on any atom is 0.417 e. The van der Waals surface area contributed by atoms with Gasteiger partial charge in [0.15, 0.2) is 5.75 Å². The largest absolute Gasteiger partial charge is 0.505 e. The van der Waals surface area contributed by atoms with Gasteiger partial charge in [0, 0.05) is 0 Å². The van der Waals surface area contributed by atoms with E-state index in [1.807, 2.05) is 5.18 Å². The Morgan fingerprint density at radius 1 is 1.00 bits per heavy atom. The molecule has 0 atom stereocenters. The minimum Gasteiger partial charge on any atom is -0.505 e. The number of hydrogen-bond acceptors (Lipinski definition) is 5. The van der Waals surface area contributed by atoms with E-state index in [1.165, 1.54) is 4.98 Å². The number of benzene rings is 1. The molecule has 1 aromatic heterocycles. The van der Waals surface area contributed by atoms with Crippen LogP contribution in [0.2, 0.25) is 0 Å². The summed E-state index contributed by atoms with van der Waals surface area (Å²) in [5, 5.41) is 10.4. The summed E-state index contributed by atoms with van der Waals surface area (Å²) < 4.78 is 77.5. The zero-order valence-corrected chi connectivity index (χ0v) is 11.0. The first kappa shape index (κ1) is 17.4. The van der Waals surface area contributed by atoms with Crippen LogP contribution in [0, 0.1) is 4.91 Å². The lowest BCUT2D eigenvalue weighted by molar-refractivity contribution is -0.142. The van der Waals surface area contributed by atoms with E-state index in [4.69, 9.17) is 0 Å². The van der Waals surface area contributed by atoms with Crippen LogP contribution in [0.15, 0.2) is 26.9 Å². The van der Waals surface area contributed by atoms with Gasteiger partial charge in [-0.15, -0.1) is 4.91 Å². The van der Waals surface area contributed by atoms with Crippen LogP contribution in [-0.4, -0.2) is 10.1 Å². The Bertz CT molecular complexity index is 961. The predicted molar refractivity (Wildman–Crippen MR) is 68.0 cm³/mol. The average molecular weight is 354 g/mol. The van der Waals surface area contributed by atoms with Crippen LogP contribution in [0.4, 0.5) is 32.0 Å². The standard InChI is InChI=1S/C12H4F6N2O4/c13-11(14,15)3-1-4(12(16,17)18)6-5(2-3)19-10(23)9(22)7(20-24)8(6)21/h1-2,21H,(H,19,22,23). The van der Waals surface area contributed by atoms with Gasteiger partial charge >= 0.3 is 12.4 Å². The lowest BCUT2D eigenvalue weighted by atomic mass is 10.0. The van der Waals surface area contributed by atoms with Crippen molar-refractivity contribution >= 4 is 16.6 Å². The van der Waals surface area contributed by atoms with Gasteiger partial charge in [0.05, 0.1) is 22.0 Å². The average Bonchev–Trinajstić information content (AvgIpc) is 2.52. The third kappa shape index (κ3) is 2.81. The number of aromatic hydroxyl groups is 1. The van der Waals surface area contributed by atoms with E-state index in [-0.39, 0.29) is 12.1 Å². The predicted octanol–water partition coefficient (Wildman–Crippen LogP) is 3.03. The summed E-state index contributed by atoms with van der Waals surface area (Å²) in [4.78, 5) is 35.0. The molecule has 2 aromatic rings. The van der Waals surface area contributed by atoms with E-state index in [9.17, 15) is 45.9 Å². The maximum absolute atomic E-state index is 13.1. The number of nitrogens with one attached hydrogen (secondary N) is 1. The highest BCUT2D eigenvalue weighted by atomic mass is 19.4. The first-order valence-corrected chi connectivity index (χ1v) is 5.83. The van der Waals surface area contributed by atoms with Crippen LogP contribution in [0.1, 0.15) is 11.1 Å². The van der Waals surface area contributed by atoms with E-state index in [2.05, 4.69) is 0 Å². The lowest BCUT2D eigenvalue weighted by Crippen LogP contribution is -2.23. The van der Waals surface area contributed by atoms with Gasteiger partial charge in [-0.1, -0.05) is 0 Å². The Hall–Kier alpha value is -2.92. The van der Waals surface area contributed by atoms with Gasteiger partial charge in [0.1, 0.15) is 0 Å². The monoisotopic (exact) mass is 354 g/mol. The fraction of sp³-hybridized carbons (Fsp3) is 0.167. The van der Waals surface area contributed by atoms with Gasteiger partial charge in [-0.05, 0) is 17.3 Å². The molecule has 0 bridgehead atoms. The van der Waals surface area contributed by atoms with Crippen molar-refractivity contribution in [2.45, 2.75) is 12.4 Å². The molecule has 0 unspecified atom stereocenters. The highest BCUT2D eigenvalue weighted by Crippen LogP contribution is 2.43. The molecule has 0 saturated heterocycles. The summed E-state index contributed by atoms with van der Waals surface area (Å²) in [7, 11) is 0. The van der Waals surface area contributed by atoms with Crippen LogP contribution in [0.25, 0.3) is 10.9 Å². The molecule has 1 aromatic carbocycles. The van der Waals surface area contributed by atoms with Crippen molar-refractivity contribution in [2.24, 2.45) is 5.18 Å². The molecule has 2 rings (SSSR count). The molecule has 0 aliphatic heterocycles. The van der Waals surface area contributed by atoms with Crippen molar-refractivity contribution in [3.63, 3.8) is 0 Å². The molecular formula is C12H4F6N2O4. The van der Waals surface area contributed by atoms with E-state index in [0.29, 0.717) is 0 Å². The molecule has 0 aliphatic carbocycles. The van der Waals surface area contributed by atoms with Crippen LogP contribution in [0.3, 0.4) is 0 Å². The minimum atomic E-state index is -5.40. The number of H-pyrrole nitrogens is 1. The second-order valence-corrected chi connectivity index (χ2v) is 4.51. The zero-order valence-electron chi connectivity index (χ0n) is 11.0. The fourth-order valence-corrected chi connectivity index (χ4v) is 1.98. The Labute approximate surface area is 126 Å². The van der Waals surface area contributed by atoms with E-state index < -0.39 is 56.8 Å².